The molecule has 0 aliphatic carbocycles. The number of hydrogen-bond donors (Lipinski definition) is 1. The van der Waals surface area contributed by atoms with E-state index in [0.717, 1.165) is 42.1 Å². The monoisotopic (exact) mass is 433 g/mol. The number of anilines is 2. The number of carbonyl (C=O) groups excluding carboxylic acids is 1. The lowest BCUT2D eigenvalue weighted by molar-refractivity contribution is -0.384. The second kappa shape index (κ2) is 7.84. The van der Waals surface area contributed by atoms with Crippen LogP contribution in [0.15, 0.2) is 60.2 Å². The van der Waals surface area contributed by atoms with Crippen LogP contribution in [0.25, 0.3) is 16.2 Å². The van der Waals surface area contributed by atoms with E-state index >= 15 is 0 Å². The van der Waals surface area contributed by atoms with Crippen molar-refractivity contribution in [1.82, 2.24) is 9.38 Å². The number of benzene rings is 2. The number of carbonyl (C=O) groups is 1. The molecule has 0 spiro atoms. The van der Waals surface area contributed by atoms with Crippen LogP contribution >= 0.6 is 11.3 Å². The number of hydrogen-bond acceptors (Lipinski definition) is 6. The normalized spacial score (nSPS) is 13.6. The van der Waals surface area contributed by atoms with Crippen molar-refractivity contribution >= 4 is 39.3 Å². The molecule has 1 N–H and O–H groups in total. The zero-order valence-corrected chi connectivity index (χ0v) is 17.3. The summed E-state index contributed by atoms with van der Waals surface area (Å²) in [7, 11) is 0. The third-order valence-corrected chi connectivity index (χ3v) is 6.18. The molecule has 2 aromatic carbocycles. The van der Waals surface area contributed by atoms with Gasteiger partial charge in [-0.2, -0.15) is 0 Å². The SMILES string of the molecule is O=C(Nc1ccc(-c2cn3ccsc3n2)cc1)c1ccc(N2CCCC2)c([N+](=O)[O-])c1. The van der Waals surface area contributed by atoms with Crippen LogP contribution < -0.4 is 10.2 Å². The van der Waals surface area contributed by atoms with Crippen molar-refractivity contribution in [3.8, 4) is 11.3 Å². The topological polar surface area (TPSA) is 92.8 Å². The molecule has 156 valence electrons. The van der Waals surface area contributed by atoms with Gasteiger partial charge in [-0.1, -0.05) is 12.1 Å². The van der Waals surface area contributed by atoms with Gasteiger partial charge in [-0.15, -0.1) is 11.3 Å². The van der Waals surface area contributed by atoms with Crippen molar-refractivity contribution in [3.05, 3.63) is 75.9 Å². The van der Waals surface area contributed by atoms with Gasteiger partial charge in [0.25, 0.3) is 11.6 Å². The van der Waals surface area contributed by atoms with Gasteiger partial charge >= 0.3 is 0 Å². The van der Waals surface area contributed by atoms with Crippen LogP contribution in [0.1, 0.15) is 23.2 Å². The molecule has 1 amide bonds. The highest BCUT2D eigenvalue weighted by molar-refractivity contribution is 7.15. The Morgan fingerprint density at radius 2 is 1.90 bits per heavy atom. The smallest absolute Gasteiger partial charge is 0.293 e. The van der Waals surface area contributed by atoms with E-state index < -0.39 is 4.92 Å². The second-order valence-corrected chi connectivity index (χ2v) is 8.28. The van der Waals surface area contributed by atoms with Crippen molar-refractivity contribution in [2.24, 2.45) is 0 Å². The zero-order chi connectivity index (χ0) is 21.4. The molecule has 0 radical (unpaired) electrons. The van der Waals surface area contributed by atoms with E-state index in [2.05, 4.69) is 10.3 Å². The standard InChI is InChI=1S/C22H19N5O3S/c28-21(16-5-8-19(20(13-16)27(29)30)25-9-1-2-10-25)23-17-6-3-15(4-7-17)18-14-26-11-12-31-22(26)24-18/h3-8,11-14H,1-2,9-10H2,(H,23,28). The van der Waals surface area contributed by atoms with Gasteiger partial charge in [-0.3, -0.25) is 19.3 Å². The van der Waals surface area contributed by atoms with Crippen LogP contribution in [0.2, 0.25) is 0 Å². The first-order chi connectivity index (χ1) is 15.1. The van der Waals surface area contributed by atoms with Gasteiger partial charge in [0.15, 0.2) is 4.96 Å². The van der Waals surface area contributed by atoms with E-state index in [1.165, 1.54) is 6.07 Å². The minimum Gasteiger partial charge on any atom is -0.366 e. The summed E-state index contributed by atoms with van der Waals surface area (Å²) in [6, 6.07) is 12.0. The van der Waals surface area contributed by atoms with Gasteiger partial charge < -0.3 is 10.2 Å². The zero-order valence-electron chi connectivity index (χ0n) is 16.5. The van der Waals surface area contributed by atoms with Crippen molar-refractivity contribution in [1.29, 1.82) is 0 Å². The molecule has 0 unspecified atom stereocenters. The van der Waals surface area contributed by atoms with Crippen LogP contribution in [0.4, 0.5) is 17.1 Å². The lowest BCUT2D eigenvalue weighted by Crippen LogP contribution is -2.19. The molecule has 1 aliphatic rings. The molecule has 1 aliphatic heterocycles. The maximum atomic E-state index is 12.7. The summed E-state index contributed by atoms with van der Waals surface area (Å²) in [5.41, 5.74) is 3.21. The number of imidazole rings is 1. The van der Waals surface area contributed by atoms with E-state index in [-0.39, 0.29) is 17.2 Å². The fourth-order valence-electron chi connectivity index (χ4n) is 3.83. The van der Waals surface area contributed by atoms with Crippen molar-refractivity contribution in [2.75, 3.05) is 23.3 Å². The molecule has 0 bridgehead atoms. The molecule has 0 saturated carbocycles. The van der Waals surface area contributed by atoms with Gasteiger partial charge in [0.05, 0.1) is 10.6 Å². The highest BCUT2D eigenvalue weighted by Gasteiger charge is 2.24. The number of aromatic nitrogens is 2. The highest BCUT2D eigenvalue weighted by atomic mass is 32.1. The largest absolute Gasteiger partial charge is 0.366 e. The lowest BCUT2D eigenvalue weighted by Gasteiger charge is -2.17. The number of fused-ring (bicyclic) bond motifs is 1. The maximum absolute atomic E-state index is 12.7. The number of nitro groups is 1. The first-order valence-corrected chi connectivity index (χ1v) is 10.8. The van der Waals surface area contributed by atoms with Gasteiger partial charge in [-0.05, 0) is 37.1 Å². The Labute approximate surface area is 181 Å². The van der Waals surface area contributed by atoms with Crippen LogP contribution in [-0.4, -0.2) is 33.3 Å². The Kier molecular flexibility index (Phi) is 4.87. The summed E-state index contributed by atoms with van der Waals surface area (Å²) in [4.78, 5) is 31.3. The van der Waals surface area contributed by atoms with Crippen LogP contribution in [-0.2, 0) is 0 Å². The van der Waals surface area contributed by atoms with Gasteiger partial charge in [0, 0.05) is 53.7 Å². The number of nitrogens with one attached hydrogen (secondary N) is 1. The summed E-state index contributed by atoms with van der Waals surface area (Å²) in [5, 5.41) is 16.4. The quantitative estimate of drug-likeness (QED) is 0.360. The Morgan fingerprint density at radius 3 is 2.61 bits per heavy atom. The number of nitro benzene ring substituents is 1. The van der Waals surface area contributed by atoms with Crippen molar-refractivity contribution in [2.45, 2.75) is 12.8 Å². The summed E-state index contributed by atoms with van der Waals surface area (Å²) in [6.45, 7) is 1.60. The predicted octanol–water partition coefficient (Wildman–Crippen LogP) is 4.82. The Hall–Kier alpha value is -3.72. The van der Waals surface area contributed by atoms with E-state index in [1.54, 1.807) is 35.6 Å². The van der Waals surface area contributed by atoms with Gasteiger partial charge in [0.2, 0.25) is 0 Å². The molecule has 8 nitrogen and oxygen atoms in total. The van der Waals surface area contributed by atoms with E-state index in [1.807, 2.05) is 39.2 Å². The Balaban J connectivity index is 1.34. The number of amides is 1. The fourth-order valence-corrected chi connectivity index (χ4v) is 4.53. The van der Waals surface area contributed by atoms with E-state index in [4.69, 9.17) is 0 Å². The first kappa shape index (κ1) is 19.3. The van der Waals surface area contributed by atoms with Crippen molar-refractivity contribution < 1.29 is 9.72 Å². The third kappa shape index (κ3) is 3.75. The molecule has 5 rings (SSSR count). The van der Waals surface area contributed by atoms with E-state index in [0.29, 0.717) is 11.4 Å². The lowest BCUT2D eigenvalue weighted by atomic mass is 10.1. The number of nitrogens with zero attached hydrogens (tertiary/aromatic N) is 4. The van der Waals surface area contributed by atoms with Crippen molar-refractivity contribution in [3.63, 3.8) is 0 Å². The average molecular weight is 433 g/mol. The highest BCUT2D eigenvalue weighted by Crippen LogP contribution is 2.32. The second-order valence-electron chi connectivity index (χ2n) is 7.41. The van der Waals surface area contributed by atoms with Crippen LogP contribution in [0, 0.1) is 10.1 Å². The fraction of sp³-hybridized carbons (Fsp3) is 0.182. The molecular formula is C22H19N5O3S. The molecule has 0 atom stereocenters. The van der Waals surface area contributed by atoms with E-state index in [9.17, 15) is 14.9 Å². The third-order valence-electron chi connectivity index (χ3n) is 5.41. The van der Waals surface area contributed by atoms with Gasteiger partial charge in [0.1, 0.15) is 5.69 Å². The number of thiazole rings is 1. The first-order valence-electron chi connectivity index (χ1n) is 9.96. The summed E-state index contributed by atoms with van der Waals surface area (Å²) in [5.74, 6) is -0.383. The molecule has 9 heteroatoms. The molecule has 1 saturated heterocycles. The summed E-state index contributed by atoms with van der Waals surface area (Å²) >= 11 is 1.57. The molecule has 1 fully saturated rings. The minimum atomic E-state index is -0.422. The number of rotatable bonds is 5. The van der Waals surface area contributed by atoms with Gasteiger partial charge in [-0.25, -0.2) is 4.98 Å². The van der Waals surface area contributed by atoms with Crippen LogP contribution in [0.5, 0.6) is 0 Å². The minimum absolute atomic E-state index is 0.0374. The molecule has 31 heavy (non-hydrogen) atoms. The average Bonchev–Trinajstić information content (AvgIpc) is 3.51. The summed E-state index contributed by atoms with van der Waals surface area (Å²) in [6.07, 6.45) is 5.96. The van der Waals surface area contributed by atoms with Crippen LogP contribution in [0.3, 0.4) is 0 Å². The molecular weight excluding hydrogens is 414 g/mol. The Morgan fingerprint density at radius 1 is 1.13 bits per heavy atom. The molecule has 4 aromatic rings. The maximum Gasteiger partial charge on any atom is 0.293 e. The summed E-state index contributed by atoms with van der Waals surface area (Å²) < 4.78 is 1.97. The molecule has 2 aromatic heterocycles. The molecule has 3 heterocycles. The Bertz CT molecular complexity index is 1240. The predicted molar refractivity (Wildman–Crippen MR) is 121 cm³/mol.